The number of halogens is 2. The number of ether oxygens (including phenoxy) is 2. The van der Waals surface area contributed by atoms with Crippen LogP contribution in [0.1, 0.15) is 5.56 Å². The summed E-state index contributed by atoms with van der Waals surface area (Å²) in [5, 5.41) is 7.15. The van der Waals surface area contributed by atoms with Crippen molar-refractivity contribution >= 4 is 68.1 Å². The second kappa shape index (κ2) is 9.84. The molecule has 4 rings (SSSR count). The van der Waals surface area contributed by atoms with Gasteiger partial charge in [-0.3, -0.25) is 4.79 Å². The van der Waals surface area contributed by atoms with E-state index >= 15 is 0 Å². The molecule has 2 aromatic heterocycles. The number of amides is 1. The molecule has 2 heterocycles. The van der Waals surface area contributed by atoms with Gasteiger partial charge in [-0.05, 0) is 24.6 Å². The Bertz CT molecular complexity index is 1400. The first-order chi connectivity index (χ1) is 16.4. The Hall–Kier alpha value is -3.40. The van der Waals surface area contributed by atoms with E-state index in [4.69, 9.17) is 32.7 Å². The minimum atomic E-state index is -0.320. The van der Waals surface area contributed by atoms with Gasteiger partial charge in [-0.2, -0.15) is 4.98 Å². The number of methoxy groups -OCH3 is 2. The number of aryl methyl sites for hydroxylation is 1. The summed E-state index contributed by atoms with van der Waals surface area (Å²) in [6, 6.07) is 7.15. The monoisotopic (exact) mass is 515 g/mol. The van der Waals surface area contributed by atoms with Crippen molar-refractivity contribution in [2.24, 2.45) is 0 Å². The fourth-order valence-electron chi connectivity index (χ4n) is 3.21. The number of benzene rings is 2. The van der Waals surface area contributed by atoms with Crippen molar-refractivity contribution in [2.45, 2.75) is 6.92 Å². The van der Waals surface area contributed by atoms with E-state index in [9.17, 15) is 4.79 Å². The number of fused-ring (bicyclic) bond motifs is 1. The highest BCUT2D eigenvalue weighted by atomic mass is 35.5. The summed E-state index contributed by atoms with van der Waals surface area (Å²) < 4.78 is 10.7. The maximum atomic E-state index is 11.8. The summed E-state index contributed by atoms with van der Waals surface area (Å²) in [6.07, 6.45) is 2.81. The summed E-state index contributed by atoms with van der Waals surface area (Å²) >= 11 is 14.4. The standard InChI is InChI=1S/C23H19Cl2N5O3S/c1-5-16(31)27-12-8-6-7-11(2)20(12)29-23-26-10-13-21(30-23)34-22(28-13)17-18(24)14(32-3)9-15(33-4)19(17)25/h5-10H,1H2,2-4H3,(H,27,31)(H,26,29,30). The number of anilines is 3. The number of rotatable bonds is 7. The van der Waals surface area contributed by atoms with Gasteiger partial charge in [0.2, 0.25) is 11.9 Å². The zero-order valence-corrected chi connectivity index (χ0v) is 20.7. The van der Waals surface area contributed by atoms with Gasteiger partial charge in [0.05, 0.1) is 47.4 Å². The second-order valence-electron chi connectivity index (χ2n) is 7.00. The molecule has 0 aliphatic rings. The number of hydrogen-bond donors (Lipinski definition) is 2. The van der Waals surface area contributed by atoms with Crippen molar-refractivity contribution in [1.82, 2.24) is 15.0 Å². The Balaban J connectivity index is 1.75. The highest BCUT2D eigenvalue weighted by Gasteiger charge is 2.22. The van der Waals surface area contributed by atoms with Gasteiger partial charge in [0.25, 0.3) is 0 Å². The van der Waals surface area contributed by atoms with Crippen LogP contribution in [-0.4, -0.2) is 35.1 Å². The van der Waals surface area contributed by atoms with Crippen LogP contribution in [0, 0.1) is 6.92 Å². The summed E-state index contributed by atoms with van der Waals surface area (Å²) in [4.78, 5) is 26.0. The quantitative estimate of drug-likeness (QED) is 0.280. The molecule has 11 heteroatoms. The molecule has 4 aromatic rings. The molecule has 0 fully saturated rings. The topological polar surface area (TPSA) is 98.3 Å². The van der Waals surface area contributed by atoms with Crippen LogP contribution < -0.4 is 20.1 Å². The van der Waals surface area contributed by atoms with Crippen LogP contribution in [0.25, 0.3) is 20.9 Å². The molecular weight excluding hydrogens is 497 g/mol. The lowest BCUT2D eigenvalue weighted by Gasteiger charge is -2.13. The lowest BCUT2D eigenvalue weighted by atomic mass is 10.1. The minimum Gasteiger partial charge on any atom is -0.495 e. The molecule has 0 spiro atoms. The summed E-state index contributed by atoms with van der Waals surface area (Å²) in [7, 11) is 3.02. The van der Waals surface area contributed by atoms with Crippen LogP contribution in [-0.2, 0) is 4.79 Å². The van der Waals surface area contributed by atoms with Gasteiger partial charge in [-0.25, -0.2) is 9.97 Å². The van der Waals surface area contributed by atoms with Gasteiger partial charge in [0, 0.05) is 6.07 Å². The van der Waals surface area contributed by atoms with Gasteiger partial charge in [0.15, 0.2) is 0 Å². The molecule has 0 unspecified atom stereocenters. The first-order valence-corrected chi connectivity index (χ1v) is 11.5. The van der Waals surface area contributed by atoms with E-state index in [0.29, 0.717) is 59.8 Å². The zero-order valence-electron chi connectivity index (χ0n) is 18.4. The van der Waals surface area contributed by atoms with Crippen molar-refractivity contribution in [3.8, 4) is 22.1 Å². The average molecular weight is 516 g/mol. The predicted octanol–water partition coefficient (Wildman–Crippen LogP) is 6.25. The van der Waals surface area contributed by atoms with Gasteiger partial charge in [-0.15, -0.1) is 0 Å². The fraction of sp³-hybridized carbons (Fsp3) is 0.130. The van der Waals surface area contributed by atoms with E-state index in [0.717, 1.165) is 5.56 Å². The molecule has 0 radical (unpaired) electrons. The molecule has 2 N–H and O–H groups in total. The Kier molecular flexibility index (Phi) is 6.87. The number of hydrogen-bond acceptors (Lipinski definition) is 8. The molecule has 0 saturated carbocycles. The van der Waals surface area contributed by atoms with E-state index in [1.807, 2.05) is 19.1 Å². The Morgan fingerprint density at radius 1 is 1.15 bits per heavy atom. The molecule has 34 heavy (non-hydrogen) atoms. The van der Waals surface area contributed by atoms with E-state index in [1.165, 1.54) is 31.6 Å². The number of para-hydroxylation sites is 1. The van der Waals surface area contributed by atoms with Crippen LogP contribution >= 0.6 is 34.5 Å². The average Bonchev–Trinajstić information content (AvgIpc) is 3.24. The lowest BCUT2D eigenvalue weighted by molar-refractivity contribution is -0.111. The molecule has 0 atom stereocenters. The van der Waals surface area contributed by atoms with Crippen LogP contribution in [0.2, 0.25) is 10.0 Å². The number of carbonyl (C=O) groups is 1. The third kappa shape index (κ3) is 4.50. The summed E-state index contributed by atoms with van der Waals surface area (Å²) in [5.74, 6) is 0.852. The number of carbonyl (C=O) groups excluding carboxylic acids is 1. The number of nitrogens with one attached hydrogen (secondary N) is 2. The van der Waals surface area contributed by atoms with Crippen molar-refractivity contribution in [1.29, 1.82) is 0 Å². The van der Waals surface area contributed by atoms with Crippen molar-refractivity contribution in [3.05, 3.63) is 58.7 Å². The van der Waals surface area contributed by atoms with E-state index in [-0.39, 0.29) is 5.91 Å². The first kappa shape index (κ1) is 23.7. The van der Waals surface area contributed by atoms with Crippen molar-refractivity contribution in [2.75, 3.05) is 24.9 Å². The molecule has 8 nitrogen and oxygen atoms in total. The lowest BCUT2D eigenvalue weighted by Crippen LogP contribution is -2.10. The molecule has 1 amide bonds. The van der Waals surface area contributed by atoms with Gasteiger partial charge in [-0.1, -0.05) is 53.3 Å². The van der Waals surface area contributed by atoms with Crippen LogP contribution in [0.3, 0.4) is 0 Å². The van der Waals surface area contributed by atoms with E-state index < -0.39 is 0 Å². The van der Waals surface area contributed by atoms with Crippen molar-refractivity contribution in [3.63, 3.8) is 0 Å². The minimum absolute atomic E-state index is 0.320. The molecule has 0 aliphatic carbocycles. The largest absolute Gasteiger partial charge is 0.495 e. The van der Waals surface area contributed by atoms with Crippen LogP contribution in [0.4, 0.5) is 17.3 Å². The first-order valence-electron chi connectivity index (χ1n) is 9.90. The molecule has 174 valence electrons. The van der Waals surface area contributed by atoms with E-state index in [2.05, 4.69) is 32.2 Å². The summed E-state index contributed by atoms with van der Waals surface area (Å²) in [6.45, 7) is 5.40. The van der Waals surface area contributed by atoms with Crippen molar-refractivity contribution < 1.29 is 14.3 Å². The predicted molar refractivity (Wildman–Crippen MR) is 137 cm³/mol. The highest BCUT2D eigenvalue weighted by Crippen LogP contribution is 2.47. The Morgan fingerprint density at radius 2 is 1.85 bits per heavy atom. The maximum absolute atomic E-state index is 11.8. The molecule has 0 bridgehead atoms. The maximum Gasteiger partial charge on any atom is 0.247 e. The van der Waals surface area contributed by atoms with Gasteiger partial charge >= 0.3 is 0 Å². The number of nitrogens with zero attached hydrogens (tertiary/aromatic N) is 3. The van der Waals surface area contributed by atoms with Gasteiger partial charge in [0.1, 0.15) is 26.9 Å². The molecule has 0 saturated heterocycles. The molecular formula is C23H19Cl2N5O3S. The second-order valence-corrected chi connectivity index (χ2v) is 8.74. The Morgan fingerprint density at radius 3 is 2.50 bits per heavy atom. The smallest absolute Gasteiger partial charge is 0.247 e. The number of thiazole rings is 1. The normalized spacial score (nSPS) is 10.7. The van der Waals surface area contributed by atoms with Crippen LogP contribution in [0.15, 0.2) is 43.1 Å². The molecule has 2 aromatic carbocycles. The van der Waals surface area contributed by atoms with Crippen LogP contribution in [0.5, 0.6) is 11.5 Å². The Labute approximate surface area is 209 Å². The fourth-order valence-corrected chi connectivity index (χ4v) is 4.97. The zero-order chi connectivity index (χ0) is 24.4. The SMILES string of the molecule is C=CC(=O)Nc1cccc(C)c1Nc1ncc2nc(-c3c(Cl)c(OC)cc(OC)c3Cl)sc2n1. The summed E-state index contributed by atoms with van der Waals surface area (Å²) in [5.41, 5.74) is 3.22. The van der Waals surface area contributed by atoms with Gasteiger partial charge < -0.3 is 20.1 Å². The van der Waals surface area contributed by atoms with E-state index in [1.54, 1.807) is 18.3 Å². The third-order valence-electron chi connectivity index (χ3n) is 4.89. The highest BCUT2D eigenvalue weighted by molar-refractivity contribution is 7.21. The number of aromatic nitrogens is 3. The third-order valence-corrected chi connectivity index (χ3v) is 6.62. The molecule has 0 aliphatic heterocycles.